The van der Waals surface area contributed by atoms with Crippen molar-refractivity contribution in [1.29, 1.82) is 0 Å². The van der Waals surface area contributed by atoms with E-state index in [4.69, 9.17) is 5.73 Å². The minimum absolute atomic E-state index is 0.00352. The Morgan fingerprint density at radius 2 is 1.96 bits per heavy atom. The van der Waals surface area contributed by atoms with Crippen LogP contribution in [0.3, 0.4) is 0 Å². The van der Waals surface area contributed by atoms with E-state index in [2.05, 4.69) is 37.1 Å². The molecule has 6 N–H and O–H groups in total. The smallest absolute Gasteiger partial charge is 0.329 e. The summed E-state index contributed by atoms with van der Waals surface area (Å²) in [7, 11) is 0. The highest BCUT2D eigenvalue weighted by Crippen LogP contribution is 2.20. The van der Waals surface area contributed by atoms with Crippen molar-refractivity contribution in [3.8, 4) is 0 Å². The summed E-state index contributed by atoms with van der Waals surface area (Å²) in [6, 6.07) is 0.0327. The lowest BCUT2D eigenvalue weighted by Gasteiger charge is -2.30. The molecule has 0 saturated carbocycles. The minimum Gasteiger partial charge on any atom is -0.480 e. The second-order valence-corrected chi connectivity index (χ2v) is 7.77. The number of amides is 1. The highest BCUT2D eigenvalue weighted by molar-refractivity contribution is 7.80. The Balaban J connectivity index is 4.96. The van der Waals surface area contributed by atoms with Crippen molar-refractivity contribution in [1.82, 2.24) is 10.6 Å². The molecule has 0 aromatic rings. The average molecular weight is 418 g/mol. The fraction of sp³-hybridized carbons (Fsp3) is 0.800. The molecule has 0 radical (unpaired) electrons. The zero-order valence-electron chi connectivity index (χ0n) is 17.5. The molecule has 8 heteroatoms. The first-order valence-corrected chi connectivity index (χ1v) is 10.8. The second-order valence-electron chi connectivity index (χ2n) is 7.41. The van der Waals surface area contributed by atoms with Crippen LogP contribution in [-0.4, -0.2) is 58.6 Å². The van der Waals surface area contributed by atoms with Crippen molar-refractivity contribution in [3.05, 3.63) is 12.2 Å². The van der Waals surface area contributed by atoms with Crippen molar-refractivity contribution in [3.63, 3.8) is 0 Å². The van der Waals surface area contributed by atoms with Crippen LogP contribution in [0.4, 0.5) is 0 Å². The lowest BCUT2D eigenvalue weighted by Crippen LogP contribution is -2.55. The molecule has 28 heavy (non-hydrogen) atoms. The molecule has 0 spiro atoms. The molecular weight excluding hydrogens is 378 g/mol. The van der Waals surface area contributed by atoms with Gasteiger partial charge in [0.25, 0.3) is 0 Å². The van der Waals surface area contributed by atoms with Gasteiger partial charge in [0.2, 0.25) is 5.91 Å². The Labute approximate surface area is 174 Å². The maximum atomic E-state index is 12.4. The van der Waals surface area contributed by atoms with Gasteiger partial charge >= 0.3 is 5.97 Å². The maximum absolute atomic E-state index is 12.4. The van der Waals surface area contributed by atoms with E-state index in [1.165, 1.54) is 0 Å². The summed E-state index contributed by atoms with van der Waals surface area (Å²) in [5, 5.41) is 24.9. The number of aliphatic hydroxyl groups is 1. The number of carboxylic acid groups (broad SMARTS) is 1. The van der Waals surface area contributed by atoms with Crippen LogP contribution in [-0.2, 0) is 9.59 Å². The van der Waals surface area contributed by atoms with Gasteiger partial charge in [-0.05, 0) is 12.3 Å². The fourth-order valence-corrected chi connectivity index (χ4v) is 3.02. The molecule has 0 saturated heterocycles. The average Bonchev–Trinajstić information content (AvgIpc) is 2.67. The van der Waals surface area contributed by atoms with Crippen LogP contribution >= 0.6 is 12.6 Å². The Hall–Kier alpha value is -1.09. The molecule has 0 fully saturated rings. The van der Waals surface area contributed by atoms with Gasteiger partial charge in [-0.3, -0.25) is 4.79 Å². The van der Waals surface area contributed by atoms with Gasteiger partial charge in [0, 0.05) is 43.8 Å². The first kappa shape index (κ1) is 26.9. The normalized spacial score (nSPS) is 17.1. The van der Waals surface area contributed by atoms with Gasteiger partial charge in [-0.1, -0.05) is 52.2 Å². The van der Waals surface area contributed by atoms with E-state index in [0.717, 1.165) is 12.8 Å². The number of unbranched alkanes of at least 4 members (excludes halogenated alkanes) is 1. The molecule has 1 amide bonds. The van der Waals surface area contributed by atoms with Gasteiger partial charge in [0.05, 0.1) is 0 Å². The zero-order valence-corrected chi connectivity index (χ0v) is 18.4. The number of carbonyl (C=O) groups excluding carboxylic acids is 1. The molecule has 0 aliphatic carbocycles. The summed E-state index contributed by atoms with van der Waals surface area (Å²) >= 11 is 4.19. The SMILES string of the molecule is CCCC[C@](CCO)(NC(=O)C/C=C/[C@@H](NC[C@@H](N)CS)[C@@H](C)CC)C(=O)O. The summed E-state index contributed by atoms with van der Waals surface area (Å²) in [5.74, 6) is -0.513. The molecule has 0 bridgehead atoms. The number of carbonyl (C=O) groups is 2. The number of nitrogens with two attached hydrogens (primary N) is 1. The number of aliphatic carboxylic acids is 1. The van der Waals surface area contributed by atoms with E-state index in [0.29, 0.717) is 31.1 Å². The molecule has 7 nitrogen and oxygen atoms in total. The van der Waals surface area contributed by atoms with Gasteiger partial charge in [-0.15, -0.1) is 0 Å². The third kappa shape index (κ3) is 9.91. The van der Waals surface area contributed by atoms with Gasteiger partial charge in [-0.2, -0.15) is 12.6 Å². The number of hydrogen-bond donors (Lipinski definition) is 6. The molecule has 0 aliphatic rings. The Morgan fingerprint density at radius 1 is 1.29 bits per heavy atom. The molecule has 0 aromatic heterocycles. The zero-order chi connectivity index (χ0) is 21.6. The third-order valence-electron chi connectivity index (χ3n) is 5.04. The first-order chi connectivity index (χ1) is 13.3. The summed E-state index contributed by atoms with van der Waals surface area (Å²) < 4.78 is 0. The molecule has 0 aliphatic heterocycles. The van der Waals surface area contributed by atoms with Gasteiger partial charge in [-0.25, -0.2) is 4.79 Å². The topological polar surface area (TPSA) is 125 Å². The Kier molecular flexibility index (Phi) is 14.3. The fourth-order valence-electron chi connectivity index (χ4n) is 2.89. The van der Waals surface area contributed by atoms with Crippen LogP contribution in [0.15, 0.2) is 12.2 Å². The van der Waals surface area contributed by atoms with Gasteiger partial charge in [0.15, 0.2) is 0 Å². The van der Waals surface area contributed by atoms with Crippen molar-refractivity contribution in [2.75, 3.05) is 18.9 Å². The van der Waals surface area contributed by atoms with E-state index in [9.17, 15) is 19.8 Å². The molecule has 0 heterocycles. The molecule has 0 unspecified atom stereocenters. The third-order valence-corrected chi connectivity index (χ3v) is 5.51. The van der Waals surface area contributed by atoms with Crippen molar-refractivity contribution in [2.24, 2.45) is 11.7 Å². The van der Waals surface area contributed by atoms with Crippen molar-refractivity contribution < 1.29 is 19.8 Å². The lowest BCUT2D eigenvalue weighted by atomic mass is 9.89. The van der Waals surface area contributed by atoms with E-state index >= 15 is 0 Å². The van der Waals surface area contributed by atoms with Crippen molar-refractivity contribution >= 4 is 24.5 Å². The summed E-state index contributed by atoms with van der Waals surface area (Å²) in [6.07, 6.45) is 6.53. The molecule has 0 rings (SSSR count). The van der Waals surface area contributed by atoms with E-state index < -0.39 is 11.5 Å². The Bertz CT molecular complexity index is 490. The molecule has 164 valence electrons. The maximum Gasteiger partial charge on any atom is 0.329 e. The number of carboxylic acids is 1. The minimum atomic E-state index is -1.41. The first-order valence-electron chi connectivity index (χ1n) is 10.2. The van der Waals surface area contributed by atoms with Gasteiger partial charge < -0.3 is 26.6 Å². The van der Waals surface area contributed by atoms with Crippen LogP contribution < -0.4 is 16.4 Å². The molecular formula is C20H39N3O4S. The molecule has 0 aromatic carbocycles. The highest BCUT2D eigenvalue weighted by atomic mass is 32.1. The van der Waals surface area contributed by atoms with E-state index in [-0.39, 0.29) is 37.4 Å². The quantitative estimate of drug-likeness (QED) is 0.168. The highest BCUT2D eigenvalue weighted by Gasteiger charge is 2.38. The van der Waals surface area contributed by atoms with Crippen LogP contribution in [0.5, 0.6) is 0 Å². The monoisotopic (exact) mass is 417 g/mol. The number of aliphatic hydroxyl groups excluding tert-OH is 1. The summed E-state index contributed by atoms with van der Waals surface area (Å²) in [6.45, 7) is 6.51. The Morgan fingerprint density at radius 3 is 2.46 bits per heavy atom. The van der Waals surface area contributed by atoms with Crippen LogP contribution in [0.2, 0.25) is 0 Å². The van der Waals surface area contributed by atoms with Gasteiger partial charge in [0.1, 0.15) is 5.54 Å². The van der Waals surface area contributed by atoms with E-state index in [1.807, 2.05) is 13.0 Å². The lowest BCUT2D eigenvalue weighted by molar-refractivity contribution is -0.148. The molecule has 4 atom stereocenters. The van der Waals surface area contributed by atoms with E-state index in [1.54, 1.807) is 6.08 Å². The predicted octanol–water partition coefficient (Wildman–Crippen LogP) is 1.71. The largest absolute Gasteiger partial charge is 0.480 e. The second kappa shape index (κ2) is 14.8. The summed E-state index contributed by atoms with van der Waals surface area (Å²) in [4.78, 5) is 24.1. The standard InChI is InChI=1S/C20H39N3O4S/c1-4-6-10-20(11-12-24,19(26)27)23-18(25)9-7-8-17(15(3)5-2)22-13-16(21)14-28/h7-8,15-17,22,24,28H,4-6,9-14,21H2,1-3H3,(H,23,25)(H,26,27)/b8-7+/t15-,16+,17+,20+/m0/s1. The van der Waals surface area contributed by atoms with Crippen LogP contribution in [0.25, 0.3) is 0 Å². The number of rotatable bonds is 16. The number of nitrogens with one attached hydrogen (secondary N) is 2. The van der Waals surface area contributed by atoms with Crippen LogP contribution in [0, 0.1) is 5.92 Å². The van der Waals surface area contributed by atoms with Crippen LogP contribution in [0.1, 0.15) is 59.3 Å². The summed E-state index contributed by atoms with van der Waals surface area (Å²) in [5.41, 5.74) is 4.49. The van der Waals surface area contributed by atoms with Crippen molar-refractivity contribution in [2.45, 2.75) is 76.9 Å². The predicted molar refractivity (Wildman–Crippen MR) is 117 cm³/mol. The number of hydrogen-bond acceptors (Lipinski definition) is 6. The number of thiol groups is 1.